The maximum absolute atomic E-state index is 5.18. The second kappa shape index (κ2) is 16.2. The number of imidazole rings is 1. The van der Waals surface area contributed by atoms with Crippen LogP contribution in [-0.2, 0) is 20.1 Å². The van der Waals surface area contributed by atoms with E-state index in [-0.39, 0.29) is 20.1 Å². The number of pyridine rings is 1. The fourth-order valence-electron chi connectivity index (χ4n) is 6.08. The molecule has 0 bridgehead atoms. The second-order valence-corrected chi connectivity index (χ2v) is 13.1. The molecule has 0 amide bonds. The monoisotopic (exact) mass is 818 g/mol. The fourth-order valence-corrected chi connectivity index (χ4v) is 6.08. The second-order valence-electron chi connectivity index (χ2n) is 13.1. The van der Waals surface area contributed by atoms with Crippen LogP contribution >= 0.6 is 0 Å². The van der Waals surface area contributed by atoms with Gasteiger partial charge in [-0.05, 0) is 69.5 Å². The summed E-state index contributed by atoms with van der Waals surface area (Å²) in [5.41, 5.74) is 13.0. The van der Waals surface area contributed by atoms with E-state index in [1.165, 1.54) is 33.5 Å². The molecule has 0 aliphatic heterocycles. The van der Waals surface area contributed by atoms with Crippen molar-refractivity contribution in [2.45, 2.75) is 59.3 Å². The zero-order valence-corrected chi connectivity index (χ0v) is 31.5. The van der Waals surface area contributed by atoms with E-state index in [0.717, 1.165) is 33.7 Å². The van der Waals surface area contributed by atoms with Crippen LogP contribution in [0.3, 0.4) is 0 Å². The van der Waals surface area contributed by atoms with Gasteiger partial charge in [-0.25, -0.2) is 0 Å². The minimum absolute atomic E-state index is 0. The Kier molecular flexibility index (Phi) is 11.8. The van der Waals surface area contributed by atoms with Gasteiger partial charge in [-0.1, -0.05) is 102 Å². The van der Waals surface area contributed by atoms with Crippen LogP contribution in [0, 0.1) is 12.1 Å². The third-order valence-corrected chi connectivity index (χ3v) is 8.69. The van der Waals surface area contributed by atoms with Crippen LogP contribution in [-0.4, -0.2) is 14.5 Å². The van der Waals surface area contributed by atoms with Crippen molar-refractivity contribution in [3.63, 3.8) is 0 Å². The number of rotatable bonds is 7. The largest absolute Gasteiger partial charge is 0.333 e. The molecule has 0 saturated carbocycles. The van der Waals surface area contributed by atoms with Crippen LogP contribution in [0.2, 0.25) is 0 Å². The van der Waals surface area contributed by atoms with Crippen LogP contribution in [0.1, 0.15) is 76.0 Å². The van der Waals surface area contributed by atoms with Crippen LogP contribution in [0.5, 0.6) is 0 Å². The molecule has 0 N–H and O–H groups in total. The van der Waals surface area contributed by atoms with Gasteiger partial charge in [0.1, 0.15) is 0 Å². The van der Waals surface area contributed by atoms with Crippen molar-refractivity contribution in [3.8, 4) is 39.5 Å². The van der Waals surface area contributed by atoms with E-state index in [4.69, 9.17) is 4.98 Å². The molecule has 0 aliphatic carbocycles. The van der Waals surface area contributed by atoms with Crippen molar-refractivity contribution in [1.82, 2.24) is 14.5 Å². The number of hydrogen-bond acceptors (Lipinski definition) is 2. The Hall–Kier alpha value is -4.63. The van der Waals surface area contributed by atoms with Crippen LogP contribution in [0.25, 0.3) is 50.5 Å². The van der Waals surface area contributed by atoms with Crippen molar-refractivity contribution in [3.05, 3.63) is 162 Å². The Labute approximate surface area is 305 Å². The van der Waals surface area contributed by atoms with Crippen molar-refractivity contribution in [2.24, 2.45) is 0 Å². The number of benzene rings is 5. The smallest absolute Gasteiger partial charge is 0.0774 e. The first-order chi connectivity index (χ1) is 23.3. The molecule has 7 aromatic rings. The van der Waals surface area contributed by atoms with E-state index in [9.17, 15) is 0 Å². The minimum Gasteiger partial charge on any atom is -0.333 e. The third kappa shape index (κ3) is 7.99. The van der Waals surface area contributed by atoms with E-state index in [0.29, 0.717) is 17.8 Å². The van der Waals surface area contributed by atoms with E-state index in [1.54, 1.807) is 6.20 Å². The molecule has 249 valence electrons. The summed E-state index contributed by atoms with van der Waals surface area (Å²) in [6.45, 7) is 13.8. The quantitative estimate of drug-likeness (QED) is 0.150. The molecule has 2 aromatic heterocycles. The van der Waals surface area contributed by atoms with Gasteiger partial charge >= 0.3 is 0 Å². The van der Waals surface area contributed by atoms with Gasteiger partial charge in [-0.2, -0.15) is 0 Å². The van der Waals surface area contributed by atoms with Gasteiger partial charge < -0.3 is 9.55 Å². The topological polar surface area (TPSA) is 30.7 Å². The molecule has 3 nitrogen and oxygen atoms in total. The van der Waals surface area contributed by atoms with Gasteiger partial charge in [-0.3, -0.25) is 4.98 Å². The first-order valence-electron chi connectivity index (χ1n) is 16.9. The molecule has 1 radical (unpaired) electrons. The predicted molar refractivity (Wildman–Crippen MR) is 202 cm³/mol. The van der Waals surface area contributed by atoms with Gasteiger partial charge in [0.05, 0.1) is 16.9 Å². The third-order valence-electron chi connectivity index (χ3n) is 8.69. The average molecular weight is 818 g/mol. The molecule has 4 heteroatoms. The molecule has 0 spiro atoms. The molecule has 49 heavy (non-hydrogen) atoms. The minimum atomic E-state index is 0. The molecule has 2 heterocycles. The molecular formula is C45H43IrN3-2. The summed E-state index contributed by atoms with van der Waals surface area (Å²) in [5, 5.41) is 0. The summed E-state index contributed by atoms with van der Waals surface area (Å²) in [5.74, 6) is 2.16. The summed E-state index contributed by atoms with van der Waals surface area (Å²) < 4.78 is 2.41. The van der Waals surface area contributed by atoms with Crippen molar-refractivity contribution in [1.29, 1.82) is 0 Å². The Morgan fingerprint density at radius 1 is 0.571 bits per heavy atom. The van der Waals surface area contributed by atoms with Gasteiger partial charge in [0.15, 0.2) is 0 Å². The van der Waals surface area contributed by atoms with Gasteiger partial charge in [-0.15, -0.1) is 71.8 Å². The normalized spacial score (nSPS) is 11.0. The molecule has 0 atom stereocenters. The summed E-state index contributed by atoms with van der Waals surface area (Å²) in [7, 11) is 0. The van der Waals surface area contributed by atoms with E-state index < -0.39 is 0 Å². The SMILES string of the molecule is CC(C)c1cc(C(C)C)c(-n2c(-c3[c-]cccc3)nc3ccc(-c4ccccc4)cc32)c(C(C)C)c1.[Ir].[c-]1ccccc1-c1ccccn1. The van der Waals surface area contributed by atoms with Gasteiger partial charge in [0.25, 0.3) is 0 Å². The maximum atomic E-state index is 5.18. The van der Waals surface area contributed by atoms with Crippen LogP contribution in [0.4, 0.5) is 0 Å². The Morgan fingerprint density at radius 2 is 1.18 bits per heavy atom. The van der Waals surface area contributed by atoms with Crippen molar-refractivity contribution >= 4 is 11.0 Å². The Morgan fingerprint density at radius 3 is 1.73 bits per heavy atom. The van der Waals surface area contributed by atoms with Crippen molar-refractivity contribution in [2.75, 3.05) is 0 Å². The predicted octanol–water partition coefficient (Wildman–Crippen LogP) is 12.1. The standard InChI is InChI=1S/C34H35N2.C11H8N.Ir/c1-22(2)28-19-29(23(3)4)33(30(20-28)24(5)6)36-32-21-27(25-13-9-7-10-14-25)17-18-31(32)35-34(36)26-15-11-8-12-16-26;1-2-6-10(7-3-1)11-8-4-5-9-12-11;/h7-15,17-24H,1-6H3;1-6,8-9H;/q2*-1;. The molecule has 0 aliphatic rings. The number of nitrogens with zero attached hydrogens (tertiary/aromatic N) is 3. The number of aromatic nitrogens is 3. The first-order valence-corrected chi connectivity index (χ1v) is 16.9. The summed E-state index contributed by atoms with van der Waals surface area (Å²) in [4.78, 5) is 9.40. The molecular weight excluding hydrogens is 775 g/mol. The number of fused-ring (bicyclic) bond motifs is 1. The zero-order chi connectivity index (χ0) is 33.6. The summed E-state index contributed by atoms with van der Waals surface area (Å²) in [6.07, 6.45) is 1.79. The van der Waals surface area contributed by atoms with Crippen LogP contribution < -0.4 is 0 Å². The molecule has 0 fully saturated rings. The summed E-state index contributed by atoms with van der Waals surface area (Å²) in [6, 6.07) is 50.5. The van der Waals surface area contributed by atoms with Gasteiger partial charge in [0.2, 0.25) is 0 Å². The molecule has 5 aromatic carbocycles. The molecule has 7 rings (SSSR count). The zero-order valence-electron chi connectivity index (χ0n) is 29.1. The van der Waals surface area contributed by atoms with Gasteiger partial charge in [0, 0.05) is 32.0 Å². The van der Waals surface area contributed by atoms with Crippen LogP contribution in [0.15, 0.2) is 134 Å². The van der Waals surface area contributed by atoms with Crippen molar-refractivity contribution < 1.29 is 20.1 Å². The molecule has 0 saturated heterocycles. The number of hydrogen-bond donors (Lipinski definition) is 0. The Balaban J connectivity index is 0.000000303. The first kappa shape index (κ1) is 35.7. The van der Waals surface area contributed by atoms with E-state index in [2.05, 4.69) is 136 Å². The molecule has 0 unspecified atom stereocenters. The fraction of sp³-hybridized carbons (Fsp3) is 0.200. The van der Waals surface area contributed by atoms with E-state index >= 15 is 0 Å². The summed E-state index contributed by atoms with van der Waals surface area (Å²) >= 11 is 0. The Bertz CT molecular complexity index is 2020. The van der Waals surface area contributed by atoms with E-state index in [1.807, 2.05) is 54.6 Å². The maximum Gasteiger partial charge on any atom is 0.0774 e. The average Bonchev–Trinajstić information content (AvgIpc) is 3.51.